The van der Waals surface area contributed by atoms with Crippen molar-refractivity contribution in [3.8, 4) is 0 Å². The van der Waals surface area contributed by atoms with Gasteiger partial charge in [-0.15, -0.1) is 0 Å². The molecule has 0 aromatic carbocycles. The minimum Gasteiger partial charge on any atom is -0.329 e. The maximum atomic E-state index is 4.31. The molecule has 2 heterocycles. The Morgan fingerprint density at radius 1 is 1.13 bits per heavy atom. The Balaban J connectivity index is 2.29. The third-order valence-electron chi connectivity index (χ3n) is 2.11. The zero-order valence-corrected chi connectivity index (χ0v) is 9.85. The minimum atomic E-state index is 0.907. The molecule has 3 nitrogen and oxygen atoms in total. The molecule has 0 saturated carbocycles. The van der Waals surface area contributed by atoms with Crippen molar-refractivity contribution in [3.63, 3.8) is 0 Å². The van der Waals surface area contributed by atoms with Crippen LogP contribution in [0.1, 0.15) is 0 Å². The maximum absolute atomic E-state index is 4.31. The van der Waals surface area contributed by atoms with Crippen molar-refractivity contribution in [2.75, 3.05) is 11.9 Å². The zero-order valence-electron chi connectivity index (χ0n) is 8.26. The van der Waals surface area contributed by atoms with E-state index in [1.165, 1.54) is 0 Å². The van der Waals surface area contributed by atoms with Crippen molar-refractivity contribution in [2.45, 2.75) is 0 Å². The predicted octanol–water partition coefficient (Wildman–Crippen LogP) is 3.01. The van der Waals surface area contributed by atoms with Gasteiger partial charge in [-0.25, -0.2) is 4.98 Å². The summed E-state index contributed by atoms with van der Waals surface area (Å²) in [4.78, 5) is 10.3. The average molecular weight is 264 g/mol. The highest BCUT2D eigenvalue weighted by atomic mass is 79.9. The summed E-state index contributed by atoms with van der Waals surface area (Å²) < 4.78 is 0.981. The molecule has 76 valence electrons. The Morgan fingerprint density at radius 2 is 1.87 bits per heavy atom. The number of anilines is 2. The molecule has 0 spiro atoms. The van der Waals surface area contributed by atoms with E-state index in [1.54, 1.807) is 18.6 Å². The first-order valence-electron chi connectivity index (χ1n) is 4.52. The van der Waals surface area contributed by atoms with Crippen LogP contribution in [0.15, 0.2) is 47.3 Å². The van der Waals surface area contributed by atoms with Crippen LogP contribution >= 0.6 is 15.9 Å². The summed E-state index contributed by atoms with van der Waals surface area (Å²) in [5, 5.41) is 0. The molecule has 0 aliphatic heterocycles. The summed E-state index contributed by atoms with van der Waals surface area (Å²) in [7, 11) is 1.98. The molecule has 0 amide bonds. The van der Waals surface area contributed by atoms with Gasteiger partial charge in [-0.05, 0) is 40.2 Å². The maximum Gasteiger partial charge on any atom is 0.132 e. The van der Waals surface area contributed by atoms with Gasteiger partial charge < -0.3 is 4.90 Å². The number of pyridine rings is 2. The van der Waals surface area contributed by atoms with Crippen LogP contribution in [0.4, 0.5) is 11.5 Å². The third kappa shape index (κ3) is 2.33. The number of nitrogens with zero attached hydrogens (tertiary/aromatic N) is 3. The Bertz CT molecular complexity index is 427. The van der Waals surface area contributed by atoms with Gasteiger partial charge in [0, 0.05) is 35.8 Å². The third-order valence-corrected chi connectivity index (χ3v) is 2.57. The molecule has 2 aromatic heterocycles. The van der Waals surface area contributed by atoms with Crippen LogP contribution in [0, 0.1) is 0 Å². The number of hydrogen-bond donors (Lipinski definition) is 0. The lowest BCUT2D eigenvalue weighted by Gasteiger charge is -2.17. The van der Waals surface area contributed by atoms with E-state index in [2.05, 4.69) is 25.9 Å². The van der Waals surface area contributed by atoms with Gasteiger partial charge in [0.15, 0.2) is 0 Å². The molecule has 0 N–H and O–H groups in total. The Hall–Kier alpha value is -1.42. The lowest BCUT2D eigenvalue weighted by atomic mass is 10.3. The zero-order chi connectivity index (χ0) is 10.7. The molecule has 0 aliphatic carbocycles. The van der Waals surface area contributed by atoms with Crippen molar-refractivity contribution < 1.29 is 0 Å². The molecule has 0 saturated heterocycles. The topological polar surface area (TPSA) is 29.0 Å². The number of aromatic nitrogens is 2. The van der Waals surface area contributed by atoms with Crippen LogP contribution in [0.3, 0.4) is 0 Å². The quantitative estimate of drug-likeness (QED) is 0.834. The lowest BCUT2D eigenvalue weighted by molar-refractivity contribution is 1.11. The highest BCUT2D eigenvalue weighted by molar-refractivity contribution is 9.10. The van der Waals surface area contributed by atoms with Gasteiger partial charge in [0.2, 0.25) is 0 Å². The molecular formula is C11H10BrN3. The van der Waals surface area contributed by atoms with Gasteiger partial charge in [0.25, 0.3) is 0 Å². The van der Waals surface area contributed by atoms with E-state index in [4.69, 9.17) is 0 Å². The summed E-state index contributed by atoms with van der Waals surface area (Å²) in [6.45, 7) is 0. The van der Waals surface area contributed by atoms with Gasteiger partial charge in [-0.1, -0.05) is 0 Å². The highest BCUT2D eigenvalue weighted by Gasteiger charge is 2.03. The first-order valence-corrected chi connectivity index (χ1v) is 5.32. The van der Waals surface area contributed by atoms with E-state index in [0.29, 0.717) is 0 Å². The summed E-state index contributed by atoms with van der Waals surface area (Å²) in [6, 6.07) is 7.83. The first kappa shape index (κ1) is 10.1. The molecule has 0 aliphatic rings. The fourth-order valence-electron chi connectivity index (χ4n) is 1.27. The molecule has 15 heavy (non-hydrogen) atoms. The van der Waals surface area contributed by atoms with E-state index in [0.717, 1.165) is 16.0 Å². The standard InChI is InChI=1S/C11H10BrN3/c1-15(10-4-6-13-7-5-10)11-3-2-9(12)8-14-11/h2-8H,1H3. The normalized spacial score (nSPS) is 10.0. The average Bonchev–Trinajstić information content (AvgIpc) is 2.30. The molecule has 0 unspecified atom stereocenters. The van der Waals surface area contributed by atoms with Gasteiger partial charge in [-0.3, -0.25) is 4.98 Å². The van der Waals surface area contributed by atoms with E-state index in [-0.39, 0.29) is 0 Å². The van der Waals surface area contributed by atoms with Gasteiger partial charge >= 0.3 is 0 Å². The van der Waals surface area contributed by atoms with E-state index in [1.807, 2.05) is 36.2 Å². The van der Waals surface area contributed by atoms with Crippen molar-refractivity contribution >= 4 is 27.4 Å². The van der Waals surface area contributed by atoms with Gasteiger partial charge in [0.1, 0.15) is 5.82 Å². The van der Waals surface area contributed by atoms with E-state index >= 15 is 0 Å². The van der Waals surface area contributed by atoms with Crippen molar-refractivity contribution in [1.82, 2.24) is 9.97 Å². The Morgan fingerprint density at radius 3 is 2.47 bits per heavy atom. The monoisotopic (exact) mass is 263 g/mol. The number of rotatable bonds is 2. The lowest BCUT2D eigenvalue weighted by Crippen LogP contribution is -2.10. The number of halogens is 1. The minimum absolute atomic E-state index is 0.907. The van der Waals surface area contributed by atoms with Crippen LogP contribution in [0.2, 0.25) is 0 Å². The molecule has 2 aromatic rings. The summed E-state index contributed by atoms with van der Waals surface area (Å²) in [6.07, 6.45) is 5.32. The molecule has 0 atom stereocenters. The fourth-order valence-corrected chi connectivity index (χ4v) is 1.50. The van der Waals surface area contributed by atoms with Crippen LogP contribution in [-0.2, 0) is 0 Å². The molecule has 0 fully saturated rings. The molecule has 4 heteroatoms. The first-order chi connectivity index (χ1) is 7.27. The van der Waals surface area contributed by atoms with Crippen molar-refractivity contribution in [1.29, 1.82) is 0 Å². The van der Waals surface area contributed by atoms with E-state index < -0.39 is 0 Å². The Labute approximate surface area is 96.9 Å². The van der Waals surface area contributed by atoms with Gasteiger partial charge in [0.05, 0.1) is 0 Å². The second-order valence-corrected chi connectivity index (χ2v) is 4.01. The molecular weight excluding hydrogens is 254 g/mol. The second-order valence-electron chi connectivity index (χ2n) is 3.10. The van der Waals surface area contributed by atoms with E-state index in [9.17, 15) is 0 Å². The summed E-state index contributed by atoms with van der Waals surface area (Å²) in [5.41, 5.74) is 1.07. The smallest absolute Gasteiger partial charge is 0.132 e. The largest absolute Gasteiger partial charge is 0.329 e. The van der Waals surface area contributed by atoms with Crippen LogP contribution in [0.5, 0.6) is 0 Å². The molecule has 2 rings (SSSR count). The Kier molecular flexibility index (Phi) is 2.97. The summed E-state index contributed by atoms with van der Waals surface area (Å²) >= 11 is 3.36. The van der Waals surface area contributed by atoms with Crippen LogP contribution < -0.4 is 4.90 Å². The molecule has 0 radical (unpaired) electrons. The number of hydrogen-bond acceptors (Lipinski definition) is 3. The predicted molar refractivity (Wildman–Crippen MR) is 64.2 cm³/mol. The second kappa shape index (κ2) is 4.40. The summed E-state index contributed by atoms with van der Waals surface area (Å²) in [5.74, 6) is 0.907. The van der Waals surface area contributed by atoms with Crippen molar-refractivity contribution in [3.05, 3.63) is 47.3 Å². The SMILES string of the molecule is CN(c1ccncc1)c1ccc(Br)cn1. The van der Waals surface area contributed by atoms with Crippen LogP contribution in [0.25, 0.3) is 0 Å². The van der Waals surface area contributed by atoms with Gasteiger partial charge in [-0.2, -0.15) is 0 Å². The van der Waals surface area contributed by atoms with Crippen LogP contribution in [-0.4, -0.2) is 17.0 Å². The fraction of sp³-hybridized carbons (Fsp3) is 0.0909. The van der Waals surface area contributed by atoms with Crippen molar-refractivity contribution in [2.24, 2.45) is 0 Å². The molecule has 0 bridgehead atoms. The highest BCUT2D eigenvalue weighted by Crippen LogP contribution is 2.21.